The zero-order valence-corrected chi connectivity index (χ0v) is 17.2. The van der Waals surface area contributed by atoms with Crippen LogP contribution >= 0.6 is 0 Å². The maximum Gasteiger partial charge on any atom is 0.0389 e. The van der Waals surface area contributed by atoms with E-state index >= 15 is 0 Å². The minimum atomic E-state index is 0.968. The first-order valence-corrected chi connectivity index (χ1v) is 11.1. The number of benzene rings is 1. The second-order valence-electron chi connectivity index (χ2n) is 7.38. The van der Waals surface area contributed by atoms with Crippen LogP contribution in [0.2, 0.25) is 0 Å². The lowest BCUT2D eigenvalue weighted by Crippen LogP contribution is -1.86. The molecule has 1 aromatic rings. The van der Waals surface area contributed by atoms with Gasteiger partial charge in [0.1, 0.15) is 0 Å². The van der Waals surface area contributed by atoms with Gasteiger partial charge < -0.3 is 0 Å². The summed E-state index contributed by atoms with van der Waals surface area (Å²) >= 11 is 0. The minimum Gasteiger partial charge on any atom is -0.293 e. The Balaban J connectivity index is 1.78. The maximum atomic E-state index is 4.51. The van der Waals surface area contributed by atoms with Crippen molar-refractivity contribution in [2.24, 2.45) is 4.99 Å². The van der Waals surface area contributed by atoms with Crippen molar-refractivity contribution in [2.75, 3.05) is 6.54 Å². The van der Waals surface area contributed by atoms with Crippen LogP contribution in [0.4, 0.5) is 0 Å². The lowest BCUT2D eigenvalue weighted by atomic mass is 10.1. The average Bonchev–Trinajstić information content (AvgIpc) is 2.68. The number of rotatable bonds is 17. The van der Waals surface area contributed by atoms with Gasteiger partial charge >= 0.3 is 0 Å². The molecule has 1 rings (SSSR count). The summed E-state index contributed by atoms with van der Waals surface area (Å²) in [6.45, 7) is 3.25. The molecule has 0 spiro atoms. The Morgan fingerprint density at radius 2 is 1.19 bits per heavy atom. The van der Waals surface area contributed by atoms with E-state index in [9.17, 15) is 0 Å². The monoisotopic (exact) mass is 355 g/mol. The molecule has 0 atom stereocenters. The number of unbranched alkanes of at least 4 members (excludes halogenated alkanes) is 12. The van der Waals surface area contributed by atoms with E-state index < -0.39 is 0 Å². The highest BCUT2D eigenvalue weighted by Crippen LogP contribution is 2.10. The fourth-order valence-electron chi connectivity index (χ4n) is 3.16. The van der Waals surface area contributed by atoms with Crippen LogP contribution in [0.3, 0.4) is 0 Å². The zero-order chi connectivity index (χ0) is 18.5. The molecule has 0 aromatic heterocycles. The molecule has 0 heterocycles. The summed E-state index contributed by atoms with van der Waals surface area (Å²) in [4.78, 5) is 4.51. The van der Waals surface area contributed by atoms with E-state index in [1.54, 1.807) is 0 Å². The molecule has 1 heteroatoms. The molecule has 0 aliphatic carbocycles. The van der Waals surface area contributed by atoms with Crippen molar-refractivity contribution >= 4 is 6.21 Å². The van der Waals surface area contributed by atoms with E-state index in [0.29, 0.717) is 0 Å². The minimum absolute atomic E-state index is 0.968. The smallest absolute Gasteiger partial charge is 0.0389 e. The maximum absolute atomic E-state index is 4.51. The van der Waals surface area contributed by atoms with Gasteiger partial charge in [0.25, 0.3) is 0 Å². The Bertz CT molecular complexity index is 446. The van der Waals surface area contributed by atoms with Crippen molar-refractivity contribution in [3.05, 3.63) is 48.0 Å². The Labute approximate surface area is 163 Å². The zero-order valence-electron chi connectivity index (χ0n) is 17.2. The third-order valence-corrected chi connectivity index (χ3v) is 4.84. The Morgan fingerprint density at radius 1 is 0.654 bits per heavy atom. The summed E-state index contributed by atoms with van der Waals surface area (Å²) in [7, 11) is 0. The molecule has 0 bridgehead atoms. The van der Waals surface area contributed by atoms with Crippen molar-refractivity contribution in [3.8, 4) is 0 Å². The number of hydrogen-bond donors (Lipinski definition) is 0. The lowest BCUT2D eigenvalue weighted by Gasteiger charge is -2.00. The largest absolute Gasteiger partial charge is 0.293 e. The Kier molecular flexibility index (Phi) is 16.1. The van der Waals surface area contributed by atoms with Crippen LogP contribution in [0.15, 0.2) is 47.5 Å². The molecule has 0 amide bonds. The van der Waals surface area contributed by atoms with E-state index in [0.717, 1.165) is 6.54 Å². The predicted molar refractivity (Wildman–Crippen MR) is 118 cm³/mol. The molecule has 1 nitrogen and oxygen atoms in total. The van der Waals surface area contributed by atoms with Gasteiger partial charge in [-0.3, -0.25) is 4.99 Å². The molecule has 1 aromatic carbocycles. The van der Waals surface area contributed by atoms with E-state index in [1.807, 2.05) is 12.3 Å². The molecule has 0 N–H and O–H groups in total. The third kappa shape index (κ3) is 14.9. The fourth-order valence-corrected chi connectivity index (χ4v) is 3.16. The molecule has 0 unspecified atom stereocenters. The second-order valence-corrected chi connectivity index (χ2v) is 7.38. The quantitative estimate of drug-likeness (QED) is 0.152. The summed E-state index contributed by atoms with van der Waals surface area (Å²) in [5, 5.41) is 0. The Morgan fingerprint density at radius 3 is 1.81 bits per heavy atom. The first-order valence-electron chi connectivity index (χ1n) is 11.1. The van der Waals surface area contributed by atoms with Gasteiger partial charge in [-0.2, -0.15) is 0 Å². The summed E-state index contributed by atoms with van der Waals surface area (Å²) < 4.78 is 0. The van der Waals surface area contributed by atoms with Gasteiger partial charge in [0, 0.05) is 12.8 Å². The van der Waals surface area contributed by atoms with Crippen LogP contribution in [-0.2, 0) is 0 Å². The highest BCUT2D eigenvalue weighted by Gasteiger charge is 1.91. The van der Waals surface area contributed by atoms with Gasteiger partial charge in [-0.15, -0.1) is 0 Å². The summed E-state index contributed by atoms with van der Waals surface area (Å²) in [5.74, 6) is 0. The van der Waals surface area contributed by atoms with Crippen LogP contribution in [0, 0.1) is 0 Å². The fraction of sp³-hybridized carbons (Fsp3) is 0.640. The van der Waals surface area contributed by atoms with Gasteiger partial charge in [0.05, 0.1) is 0 Å². The second kappa shape index (κ2) is 18.4. The van der Waals surface area contributed by atoms with Crippen LogP contribution in [0.5, 0.6) is 0 Å². The number of aliphatic imine (C=N–C) groups is 1. The van der Waals surface area contributed by atoms with Crippen LogP contribution < -0.4 is 0 Å². The molecular formula is C25H41N. The number of allylic oxidation sites excluding steroid dienone is 2. The van der Waals surface area contributed by atoms with Crippen molar-refractivity contribution in [3.63, 3.8) is 0 Å². The molecule has 0 saturated carbocycles. The topological polar surface area (TPSA) is 12.4 Å². The van der Waals surface area contributed by atoms with Gasteiger partial charge in [0.15, 0.2) is 0 Å². The van der Waals surface area contributed by atoms with Crippen molar-refractivity contribution in [1.29, 1.82) is 0 Å². The van der Waals surface area contributed by atoms with Crippen molar-refractivity contribution in [1.82, 2.24) is 0 Å². The van der Waals surface area contributed by atoms with Gasteiger partial charge in [-0.1, -0.05) is 107 Å². The molecule has 0 aliphatic rings. The van der Waals surface area contributed by atoms with Crippen molar-refractivity contribution in [2.45, 2.75) is 96.8 Å². The normalized spacial score (nSPS) is 11.7. The molecule has 146 valence electrons. The average molecular weight is 356 g/mol. The lowest BCUT2D eigenvalue weighted by molar-refractivity contribution is 0.599. The highest BCUT2D eigenvalue weighted by atomic mass is 14.7. The predicted octanol–water partition coefficient (Wildman–Crippen LogP) is 8.14. The summed E-state index contributed by atoms with van der Waals surface area (Å²) in [6, 6.07) is 10.4. The van der Waals surface area contributed by atoms with Gasteiger partial charge in [0.2, 0.25) is 0 Å². The van der Waals surface area contributed by atoms with Gasteiger partial charge in [-0.05, 0) is 37.7 Å². The van der Waals surface area contributed by atoms with Crippen molar-refractivity contribution < 1.29 is 0 Å². The SMILES string of the molecule is CCCCCCCC/C=C/CCCCCCCCN=Cc1ccccc1. The number of nitrogens with zero attached hydrogens (tertiary/aromatic N) is 1. The van der Waals surface area contributed by atoms with Crippen LogP contribution in [-0.4, -0.2) is 12.8 Å². The van der Waals surface area contributed by atoms with E-state index in [-0.39, 0.29) is 0 Å². The van der Waals surface area contributed by atoms with E-state index in [1.165, 1.54) is 95.5 Å². The van der Waals surface area contributed by atoms with Crippen LogP contribution in [0.1, 0.15) is 102 Å². The summed E-state index contributed by atoms with van der Waals surface area (Å²) in [6.07, 6.45) is 25.8. The third-order valence-electron chi connectivity index (χ3n) is 4.84. The first-order chi connectivity index (χ1) is 12.9. The van der Waals surface area contributed by atoms with E-state index in [4.69, 9.17) is 0 Å². The number of hydrogen-bond acceptors (Lipinski definition) is 1. The molecular weight excluding hydrogens is 314 g/mol. The molecule has 26 heavy (non-hydrogen) atoms. The highest BCUT2D eigenvalue weighted by molar-refractivity contribution is 5.79. The molecule has 0 fully saturated rings. The van der Waals surface area contributed by atoms with Crippen LogP contribution in [0.25, 0.3) is 0 Å². The molecule has 0 saturated heterocycles. The Hall–Kier alpha value is -1.37. The first kappa shape index (κ1) is 22.7. The van der Waals surface area contributed by atoms with Gasteiger partial charge in [-0.25, -0.2) is 0 Å². The van der Waals surface area contributed by atoms with E-state index in [2.05, 4.69) is 48.3 Å². The molecule has 0 aliphatic heterocycles. The summed E-state index contributed by atoms with van der Waals surface area (Å²) in [5.41, 5.74) is 1.21. The standard InChI is InChI=1S/C25H41N/c1-2-3-4-5-6-7-8-9-10-11-12-13-14-15-16-20-23-26-24-25-21-18-17-19-22-25/h9-10,17-19,21-22,24H,2-8,11-16,20,23H2,1H3/b10-9+,26-24?. The molecule has 0 radical (unpaired) electrons.